The number of hydrogen-bond donors (Lipinski definition) is 4. The molecule has 3 rings (SSSR count). The summed E-state index contributed by atoms with van der Waals surface area (Å²) in [5.41, 5.74) is 2.14. The first-order valence-electron chi connectivity index (χ1n) is 9.02. The minimum absolute atomic E-state index is 0.0937. The van der Waals surface area contributed by atoms with Crippen LogP contribution in [0.4, 0.5) is 0 Å². The molecule has 0 spiro atoms. The molecule has 0 heterocycles. The molecule has 10 heteroatoms. The Balaban J connectivity index is 1.99. The predicted molar refractivity (Wildman–Crippen MR) is 116 cm³/mol. The van der Waals surface area contributed by atoms with Gasteiger partial charge >= 0.3 is 15.2 Å². The number of aryl methyl sites for hydroxylation is 2. The fourth-order valence-corrected chi connectivity index (χ4v) is 4.20. The molecule has 0 atom stereocenters. The quantitative estimate of drug-likeness (QED) is 0.324. The normalized spacial score (nSPS) is 11.9. The summed E-state index contributed by atoms with van der Waals surface area (Å²) >= 11 is 0. The predicted octanol–water partition coefficient (Wildman–Crippen LogP) is 2.93. The van der Waals surface area contributed by atoms with Crippen molar-refractivity contribution in [2.75, 3.05) is 0 Å². The van der Waals surface area contributed by atoms with Gasteiger partial charge in [0.25, 0.3) is 0 Å². The van der Waals surface area contributed by atoms with Crippen molar-refractivity contribution >= 4 is 31.6 Å². The second-order valence-corrected chi connectivity index (χ2v) is 10.2. The maximum Gasteiger partial charge on any atom is 0.360 e. The molecule has 8 nitrogen and oxygen atoms in total. The van der Waals surface area contributed by atoms with E-state index in [9.17, 15) is 23.7 Å². The molecule has 0 aliphatic carbocycles. The molecule has 4 N–H and O–H groups in total. The van der Waals surface area contributed by atoms with Gasteiger partial charge in [0.1, 0.15) is 16.8 Å². The van der Waals surface area contributed by atoms with Gasteiger partial charge in [-0.2, -0.15) is 0 Å². The molecule has 0 aromatic heterocycles. The van der Waals surface area contributed by atoms with Gasteiger partial charge in [-0.05, 0) is 67.9 Å². The number of rotatable bonds is 6. The van der Waals surface area contributed by atoms with Crippen LogP contribution in [0.25, 0.3) is 0 Å². The van der Waals surface area contributed by atoms with E-state index in [1.165, 1.54) is 24.3 Å². The number of ether oxygens (including phenoxy) is 1. The molecule has 0 saturated carbocycles. The fourth-order valence-electron chi connectivity index (χ4n) is 2.94. The minimum Gasteiger partial charge on any atom is -0.456 e. The Morgan fingerprint density at radius 3 is 2.03 bits per heavy atom. The average molecular weight is 462 g/mol. The smallest absolute Gasteiger partial charge is 0.360 e. The minimum atomic E-state index is -4.81. The molecule has 162 valence electrons. The van der Waals surface area contributed by atoms with E-state index in [0.717, 1.165) is 29.3 Å². The lowest BCUT2D eigenvalue weighted by atomic mass is 9.97. The van der Waals surface area contributed by atoms with Crippen LogP contribution in [-0.2, 0) is 9.13 Å². The van der Waals surface area contributed by atoms with Crippen LogP contribution in [0.5, 0.6) is 11.5 Å². The van der Waals surface area contributed by atoms with Crippen LogP contribution in [0.2, 0.25) is 0 Å². The van der Waals surface area contributed by atoms with Crippen LogP contribution in [0.1, 0.15) is 27.0 Å². The molecule has 0 aliphatic heterocycles. The van der Waals surface area contributed by atoms with Crippen LogP contribution < -0.4 is 15.3 Å². The zero-order valence-corrected chi connectivity index (χ0v) is 18.4. The summed E-state index contributed by atoms with van der Waals surface area (Å²) in [5, 5.41) is -0.688. The molecule has 0 saturated heterocycles. The van der Waals surface area contributed by atoms with Crippen molar-refractivity contribution in [1.29, 1.82) is 0 Å². The van der Waals surface area contributed by atoms with E-state index in [0.29, 0.717) is 5.56 Å². The monoisotopic (exact) mass is 462 g/mol. The summed E-state index contributed by atoms with van der Waals surface area (Å²) in [6.45, 7) is 3.61. The first kappa shape index (κ1) is 23.1. The maximum absolute atomic E-state index is 12.9. The van der Waals surface area contributed by atoms with Crippen molar-refractivity contribution in [3.63, 3.8) is 0 Å². The van der Waals surface area contributed by atoms with Crippen LogP contribution >= 0.6 is 15.2 Å². The Morgan fingerprint density at radius 2 is 1.45 bits per heavy atom. The number of carbonyl (C=O) groups excluding carboxylic acids is 1. The highest BCUT2D eigenvalue weighted by molar-refractivity contribution is 7.60. The molecule has 3 aromatic carbocycles. The molecule has 0 unspecified atom stereocenters. The first-order chi connectivity index (χ1) is 14.4. The average Bonchev–Trinajstić information content (AvgIpc) is 2.68. The third kappa shape index (κ3) is 5.38. The largest absolute Gasteiger partial charge is 0.456 e. The van der Waals surface area contributed by atoms with E-state index in [4.69, 9.17) is 14.5 Å². The van der Waals surface area contributed by atoms with Gasteiger partial charge in [-0.25, -0.2) is 0 Å². The van der Waals surface area contributed by atoms with Crippen molar-refractivity contribution < 1.29 is 38.2 Å². The lowest BCUT2D eigenvalue weighted by molar-refractivity contribution is 0.103. The first-order valence-corrected chi connectivity index (χ1v) is 12.2. The molecule has 3 aromatic rings. The van der Waals surface area contributed by atoms with Crippen LogP contribution in [0, 0.1) is 13.8 Å². The van der Waals surface area contributed by atoms with Gasteiger partial charge < -0.3 is 24.3 Å². The summed E-state index contributed by atoms with van der Waals surface area (Å²) in [7, 11) is -9.24. The van der Waals surface area contributed by atoms with Crippen LogP contribution in [0.3, 0.4) is 0 Å². The number of carbonyl (C=O) groups is 1. The van der Waals surface area contributed by atoms with Crippen molar-refractivity contribution in [2.45, 2.75) is 13.8 Å². The standard InChI is InChI=1S/C21H20O8P2/c1-13-3-4-14(2)18(11-13)21(22)15-5-10-19(20(12-15)31(26,27)28)29-16-6-8-17(9-7-16)30(23,24)25/h3-12H,1-2H3,(H2,23,24,25)(H2,26,27,28). The van der Waals surface area contributed by atoms with Crippen LogP contribution in [0.15, 0.2) is 60.7 Å². The summed E-state index contributed by atoms with van der Waals surface area (Å²) in [6, 6.07) is 14.0. The molecular formula is C21H20O8P2. The third-order valence-electron chi connectivity index (χ3n) is 4.57. The number of ketones is 1. The lowest BCUT2D eigenvalue weighted by Gasteiger charge is -2.14. The maximum atomic E-state index is 12.9. The lowest BCUT2D eigenvalue weighted by Crippen LogP contribution is -2.13. The molecule has 0 bridgehead atoms. The van der Waals surface area contributed by atoms with E-state index < -0.39 is 20.5 Å². The van der Waals surface area contributed by atoms with Crippen molar-refractivity contribution in [3.8, 4) is 11.5 Å². The summed E-state index contributed by atoms with van der Waals surface area (Å²) in [6.07, 6.45) is 0. The van der Waals surface area contributed by atoms with Crippen molar-refractivity contribution in [2.24, 2.45) is 0 Å². The molecule has 31 heavy (non-hydrogen) atoms. The fraction of sp³-hybridized carbons (Fsp3) is 0.0952. The van der Waals surface area contributed by atoms with Gasteiger partial charge in [0.15, 0.2) is 5.78 Å². The highest BCUT2D eigenvalue weighted by Crippen LogP contribution is 2.40. The van der Waals surface area contributed by atoms with Gasteiger partial charge in [0.05, 0.1) is 5.30 Å². The van der Waals surface area contributed by atoms with E-state index in [1.807, 2.05) is 13.0 Å². The topological polar surface area (TPSA) is 141 Å². The van der Waals surface area contributed by atoms with E-state index in [2.05, 4.69) is 0 Å². The molecule has 0 aliphatic rings. The Labute approximate surface area is 178 Å². The van der Waals surface area contributed by atoms with Gasteiger partial charge in [0.2, 0.25) is 0 Å². The van der Waals surface area contributed by atoms with E-state index in [1.54, 1.807) is 19.1 Å². The second kappa shape index (κ2) is 8.52. The van der Waals surface area contributed by atoms with Gasteiger partial charge in [0, 0.05) is 11.1 Å². The highest BCUT2D eigenvalue weighted by Gasteiger charge is 2.26. The highest BCUT2D eigenvalue weighted by atomic mass is 31.2. The zero-order chi connectivity index (χ0) is 23.0. The van der Waals surface area contributed by atoms with Gasteiger partial charge in [-0.3, -0.25) is 13.9 Å². The van der Waals surface area contributed by atoms with E-state index >= 15 is 0 Å². The second-order valence-electron chi connectivity index (χ2n) is 7.01. The Bertz CT molecular complexity index is 1240. The molecular weight excluding hydrogens is 442 g/mol. The van der Waals surface area contributed by atoms with Gasteiger partial charge in [-0.1, -0.05) is 17.7 Å². The Hall–Kier alpha value is -2.57. The van der Waals surface area contributed by atoms with E-state index in [-0.39, 0.29) is 28.2 Å². The third-order valence-corrected chi connectivity index (χ3v) is 6.52. The zero-order valence-electron chi connectivity index (χ0n) is 16.6. The SMILES string of the molecule is Cc1ccc(C)c(C(=O)c2ccc(Oc3ccc(P(=O)(O)O)cc3)c(P(=O)(O)O)c2)c1. The Morgan fingerprint density at radius 1 is 0.806 bits per heavy atom. The Kier molecular flexibility index (Phi) is 6.35. The van der Waals surface area contributed by atoms with Crippen molar-refractivity contribution in [1.82, 2.24) is 0 Å². The number of benzene rings is 3. The van der Waals surface area contributed by atoms with Crippen LogP contribution in [-0.4, -0.2) is 25.4 Å². The number of hydrogen-bond acceptors (Lipinski definition) is 4. The summed E-state index contributed by atoms with van der Waals surface area (Å²) in [4.78, 5) is 50.9. The molecule has 0 radical (unpaired) electrons. The molecule has 0 fully saturated rings. The van der Waals surface area contributed by atoms with Gasteiger partial charge in [-0.15, -0.1) is 0 Å². The van der Waals surface area contributed by atoms with Crippen molar-refractivity contribution in [3.05, 3.63) is 82.9 Å². The summed E-state index contributed by atoms with van der Waals surface area (Å²) in [5.74, 6) is -0.441. The molecule has 0 amide bonds. The summed E-state index contributed by atoms with van der Waals surface area (Å²) < 4.78 is 28.9.